The van der Waals surface area contributed by atoms with E-state index in [0.717, 1.165) is 11.5 Å². The Morgan fingerprint density at radius 3 is 2.40 bits per heavy atom. The number of hydrogen-bond acceptors (Lipinski definition) is 7. The molecule has 0 bridgehead atoms. The minimum Gasteiger partial charge on any atom is -0.452 e. The third-order valence-corrected chi connectivity index (χ3v) is 9.87. The number of hydrogen-bond donors (Lipinski definition) is 0. The first-order chi connectivity index (χ1) is 14.2. The second-order valence-corrected chi connectivity index (χ2v) is 13.1. The summed E-state index contributed by atoms with van der Waals surface area (Å²) in [4.78, 5) is 26.7. The van der Waals surface area contributed by atoms with Gasteiger partial charge in [0, 0.05) is 12.6 Å². The van der Waals surface area contributed by atoms with Crippen LogP contribution in [0, 0.1) is 5.92 Å². The van der Waals surface area contributed by atoms with Crippen molar-refractivity contribution in [2.24, 2.45) is 5.92 Å². The van der Waals surface area contributed by atoms with Crippen molar-refractivity contribution in [3.05, 3.63) is 35.4 Å². The minimum atomic E-state index is -3.10. The highest BCUT2D eigenvalue weighted by atomic mass is 32.2. The molecular weight excluding hydrogens is 442 g/mol. The normalized spacial score (nSPS) is 21.5. The summed E-state index contributed by atoms with van der Waals surface area (Å²) in [5.41, 5.74) is 1.60. The number of rotatable bonds is 7. The van der Waals surface area contributed by atoms with Gasteiger partial charge >= 0.3 is 5.97 Å². The van der Waals surface area contributed by atoms with Gasteiger partial charge < -0.3 is 9.64 Å². The summed E-state index contributed by atoms with van der Waals surface area (Å²) < 4.78 is 29.3. The topological polar surface area (TPSA) is 80.8 Å². The second-order valence-electron chi connectivity index (χ2n) is 8.12. The SMILES string of the molecule is CC(C)CN(C(=O)COC(=O)c1ccc(C2SCCCS2)cc1)C1CCS(=O)(=O)C1. The summed E-state index contributed by atoms with van der Waals surface area (Å²) in [5.74, 6) is 1.70. The Morgan fingerprint density at radius 2 is 1.83 bits per heavy atom. The third kappa shape index (κ3) is 6.40. The van der Waals surface area contributed by atoms with Crippen molar-refractivity contribution >= 4 is 45.2 Å². The zero-order valence-electron chi connectivity index (χ0n) is 17.4. The predicted octanol–water partition coefficient (Wildman–Crippen LogP) is 3.38. The molecule has 1 aromatic rings. The molecule has 0 radical (unpaired) electrons. The molecule has 0 spiro atoms. The van der Waals surface area contributed by atoms with Crippen LogP contribution in [0.1, 0.15) is 47.2 Å². The monoisotopic (exact) mass is 471 g/mol. The van der Waals surface area contributed by atoms with E-state index in [1.807, 2.05) is 49.5 Å². The molecule has 2 fully saturated rings. The van der Waals surface area contributed by atoms with Crippen LogP contribution >= 0.6 is 23.5 Å². The highest BCUT2D eigenvalue weighted by Crippen LogP contribution is 2.43. The Bertz CT molecular complexity index is 848. The lowest BCUT2D eigenvalue weighted by molar-refractivity contribution is -0.137. The van der Waals surface area contributed by atoms with Crippen molar-refractivity contribution in [3.8, 4) is 0 Å². The zero-order valence-corrected chi connectivity index (χ0v) is 19.9. The van der Waals surface area contributed by atoms with Crippen molar-refractivity contribution in [1.82, 2.24) is 4.90 Å². The van der Waals surface area contributed by atoms with Crippen LogP contribution in [-0.4, -0.2) is 67.4 Å². The van der Waals surface area contributed by atoms with Crippen LogP contribution in [0.5, 0.6) is 0 Å². The number of carbonyl (C=O) groups is 2. The Morgan fingerprint density at radius 1 is 1.17 bits per heavy atom. The standard InChI is InChI=1S/C21H29NO5S3/c1-15(2)12-22(18-8-11-30(25,26)14-18)19(23)13-27-20(24)16-4-6-17(7-5-16)21-28-9-3-10-29-21/h4-7,15,18,21H,3,8-14H2,1-2H3. The van der Waals surface area contributed by atoms with Gasteiger partial charge in [0.25, 0.3) is 5.91 Å². The van der Waals surface area contributed by atoms with E-state index in [4.69, 9.17) is 4.74 Å². The van der Waals surface area contributed by atoms with E-state index in [-0.39, 0.29) is 36.0 Å². The number of benzene rings is 1. The van der Waals surface area contributed by atoms with Gasteiger partial charge in [0.15, 0.2) is 16.4 Å². The Balaban J connectivity index is 1.57. The van der Waals surface area contributed by atoms with Crippen molar-refractivity contribution in [3.63, 3.8) is 0 Å². The van der Waals surface area contributed by atoms with Gasteiger partial charge in [0.05, 0.1) is 21.7 Å². The van der Waals surface area contributed by atoms with E-state index in [0.29, 0.717) is 23.1 Å². The molecule has 0 aromatic heterocycles. The van der Waals surface area contributed by atoms with E-state index in [2.05, 4.69) is 0 Å². The average Bonchev–Trinajstić information content (AvgIpc) is 3.10. The summed E-state index contributed by atoms with van der Waals surface area (Å²) in [7, 11) is -3.10. The summed E-state index contributed by atoms with van der Waals surface area (Å²) in [6.07, 6.45) is 1.66. The smallest absolute Gasteiger partial charge is 0.338 e. The van der Waals surface area contributed by atoms with E-state index >= 15 is 0 Å². The number of carbonyl (C=O) groups excluding carboxylic acids is 2. The van der Waals surface area contributed by atoms with Crippen molar-refractivity contribution in [2.75, 3.05) is 36.2 Å². The van der Waals surface area contributed by atoms with Crippen LogP contribution in [0.4, 0.5) is 0 Å². The van der Waals surface area contributed by atoms with Gasteiger partial charge in [-0.1, -0.05) is 26.0 Å². The lowest BCUT2D eigenvalue weighted by atomic mass is 10.1. The van der Waals surface area contributed by atoms with E-state index < -0.39 is 15.8 Å². The first-order valence-corrected chi connectivity index (χ1v) is 14.2. The Hall–Kier alpha value is -1.19. The first kappa shape index (κ1) is 23.5. The lowest BCUT2D eigenvalue weighted by Crippen LogP contribution is -2.45. The molecule has 0 saturated carbocycles. The van der Waals surface area contributed by atoms with Gasteiger partial charge in [-0.05, 0) is 48.0 Å². The number of nitrogens with zero attached hydrogens (tertiary/aromatic N) is 1. The molecule has 1 aromatic carbocycles. The van der Waals surface area contributed by atoms with E-state index in [1.165, 1.54) is 12.0 Å². The molecular formula is C21H29NO5S3. The quantitative estimate of drug-likeness (QED) is 0.564. The highest BCUT2D eigenvalue weighted by molar-refractivity contribution is 8.16. The molecule has 2 heterocycles. The molecule has 6 nitrogen and oxygen atoms in total. The molecule has 1 atom stereocenters. The fourth-order valence-electron chi connectivity index (χ4n) is 3.62. The molecule has 0 N–H and O–H groups in total. The highest BCUT2D eigenvalue weighted by Gasteiger charge is 2.35. The van der Waals surface area contributed by atoms with Gasteiger partial charge in [-0.15, -0.1) is 23.5 Å². The fraction of sp³-hybridized carbons (Fsp3) is 0.619. The van der Waals surface area contributed by atoms with Gasteiger partial charge in [0.1, 0.15) is 0 Å². The molecule has 30 heavy (non-hydrogen) atoms. The maximum absolute atomic E-state index is 12.7. The summed E-state index contributed by atoms with van der Waals surface area (Å²) in [6.45, 7) is 4.01. The molecule has 1 unspecified atom stereocenters. The maximum Gasteiger partial charge on any atom is 0.338 e. The van der Waals surface area contributed by atoms with Crippen molar-refractivity contribution < 1.29 is 22.7 Å². The third-order valence-electron chi connectivity index (χ3n) is 5.10. The van der Waals surface area contributed by atoms with Crippen LogP contribution in [0.25, 0.3) is 0 Å². The van der Waals surface area contributed by atoms with Crippen LogP contribution in [0.2, 0.25) is 0 Å². The van der Waals surface area contributed by atoms with E-state index in [9.17, 15) is 18.0 Å². The summed E-state index contributed by atoms with van der Waals surface area (Å²) in [6, 6.07) is 7.04. The van der Waals surface area contributed by atoms with Gasteiger partial charge in [-0.2, -0.15) is 0 Å². The number of ether oxygens (including phenoxy) is 1. The number of sulfone groups is 1. The van der Waals surface area contributed by atoms with Crippen LogP contribution in [0.3, 0.4) is 0 Å². The maximum atomic E-state index is 12.7. The summed E-state index contributed by atoms with van der Waals surface area (Å²) in [5, 5.41) is 0. The molecule has 166 valence electrons. The molecule has 3 rings (SSSR count). The largest absolute Gasteiger partial charge is 0.452 e. The minimum absolute atomic E-state index is 0.0158. The van der Waals surface area contributed by atoms with Crippen LogP contribution < -0.4 is 0 Å². The lowest BCUT2D eigenvalue weighted by Gasteiger charge is -2.29. The predicted molar refractivity (Wildman–Crippen MR) is 123 cm³/mol. The van der Waals surface area contributed by atoms with Crippen molar-refractivity contribution in [1.29, 1.82) is 0 Å². The van der Waals surface area contributed by atoms with Gasteiger partial charge in [-0.25, -0.2) is 13.2 Å². The number of amides is 1. The fourth-order valence-corrected chi connectivity index (χ4v) is 8.24. The molecule has 0 aliphatic carbocycles. The van der Waals surface area contributed by atoms with Crippen LogP contribution in [-0.2, 0) is 19.4 Å². The van der Waals surface area contributed by atoms with E-state index in [1.54, 1.807) is 17.0 Å². The van der Waals surface area contributed by atoms with Gasteiger partial charge in [0.2, 0.25) is 0 Å². The number of esters is 1. The zero-order chi connectivity index (χ0) is 21.7. The second kappa shape index (κ2) is 10.4. The molecule has 2 aliphatic rings. The molecule has 2 saturated heterocycles. The van der Waals surface area contributed by atoms with Crippen LogP contribution in [0.15, 0.2) is 24.3 Å². The Kier molecular flexibility index (Phi) is 8.15. The van der Waals surface area contributed by atoms with Crippen molar-refractivity contribution in [2.45, 2.75) is 37.3 Å². The van der Waals surface area contributed by atoms with Gasteiger partial charge in [-0.3, -0.25) is 4.79 Å². The molecule has 1 amide bonds. The average molecular weight is 472 g/mol. The Labute approximate surface area is 187 Å². The number of thioether (sulfide) groups is 2. The summed E-state index contributed by atoms with van der Waals surface area (Å²) >= 11 is 3.84. The molecule has 9 heteroatoms. The first-order valence-electron chi connectivity index (χ1n) is 10.3. The molecule has 2 aliphatic heterocycles.